The summed E-state index contributed by atoms with van der Waals surface area (Å²) in [7, 11) is 0. The molecule has 0 saturated heterocycles. The van der Waals surface area contributed by atoms with Gasteiger partial charge in [-0.15, -0.1) is 0 Å². The van der Waals surface area contributed by atoms with Crippen LogP contribution in [0.4, 0.5) is 0 Å². The molecule has 0 radical (unpaired) electrons. The second-order valence-electron chi connectivity index (χ2n) is 1.52. The fraction of sp³-hybridized carbons (Fsp3) is 0.333. The Labute approximate surface area is 63.1 Å². The number of carboxylic acids is 1. The minimum absolute atomic E-state index is 0.0181. The highest BCUT2D eigenvalue weighted by atomic mass is 32.2. The van der Waals surface area contributed by atoms with E-state index in [1.807, 2.05) is 0 Å². The Morgan fingerprint density at radius 3 is 2.60 bits per heavy atom. The van der Waals surface area contributed by atoms with Crippen molar-refractivity contribution in [3.8, 4) is 0 Å². The number of carboxylic acid groups (broad SMARTS) is 1. The van der Waals surface area contributed by atoms with Crippen LogP contribution in [0.5, 0.6) is 0 Å². The monoisotopic (exact) mass is 160 g/mol. The molecule has 0 aromatic rings. The Morgan fingerprint density at radius 1 is 1.60 bits per heavy atom. The number of hydrogen-bond acceptors (Lipinski definition) is 3. The topological polar surface area (TPSA) is 54.4 Å². The van der Waals surface area contributed by atoms with Crippen LogP contribution in [0.1, 0.15) is 6.42 Å². The molecule has 10 heavy (non-hydrogen) atoms. The van der Waals surface area contributed by atoms with Gasteiger partial charge in [0, 0.05) is 5.75 Å². The Balaban J connectivity index is 3.28. The molecule has 0 amide bonds. The van der Waals surface area contributed by atoms with Crippen LogP contribution < -0.4 is 0 Å². The van der Waals surface area contributed by atoms with Crippen LogP contribution in [0.2, 0.25) is 0 Å². The van der Waals surface area contributed by atoms with E-state index in [4.69, 9.17) is 5.11 Å². The van der Waals surface area contributed by atoms with E-state index in [2.05, 4.69) is 6.58 Å². The lowest BCUT2D eigenvalue weighted by molar-refractivity contribution is -0.136. The van der Waals surface area contributed by atoms with Gasteiger partial charge in [0.1, 0.15) is 0 Å². The van der Waals surface area contributed by atoms with E-state index in [1.165, 1.54) is 6.08 Å². The summed E-state index contributed by atoms with van der Waals surface area (Å²) in [5, 5.41) is 7.97. The van der Waals surface area contributed by atoms with E-state index in [0.29, 0.717) is 5.75 Å². The molecule has 0 heterocycles. The maximum atomic E-state index is 10.4. The van der Waals surface area contributed by atoms with Gasteiger partial charge in [-0.2, -0.15) is 0 Å². The molecule has 56 valence electrons. The summed E-state index contributed by atoms with van der Waals surface area (Å²) in [4.78, 5) is 20.4. The standard InChI is InChI=1S/C6H8O3S/c1-2-6(9)10-4-3-5(7)8/h2H,1,3-4H2,(H,7,8). The summed E-state index contributed by atoms with van der Waals surface area (Å²) in [5.74, 6) is -0.565. The molecule has 0 aromatic carbocycles. The maximum Gasteiger partial charge on any atom is 0.304 e. The van der Waals surface area contributed by atoms with Gasteiger partial charge >= 0.3 is 5.97 Å². The smallest absolute Gasteiger partial charge is 0.304 e. The van der Waals surface area contributed by atoms with E-state index in [1.54, 1.807) is 0 Å². The number of hydrogen-bond donors (Lipinski definition) is 1. The lowest BCUT2D eigenvalue weighted by Crippen LogP contribution is -1.97. The minimum Gasteiger partial charge on any atom is -0.481 e. The first-order valence-electron chi connectivity index (χ1n) is 2.68. The number of thioether (sulfide) groups is 1. The highest BCUT2D eigenvalue weighted by Gasteiger charge is 1.99. The SMILES string of the molecule is C=CC(=O)SCCC(=O)O. The molecule has 3 nitrogen and oxygen atoms in total. The van der Waals surface area contributed by atoms with Crippen molar-refractivity contribution in [1.29, 1.82) is 0 Å². The molecule has 0 aliphatic rings. The van der Waals surface area contributed by atoms with E-state index in [9.17, 15) is 9.59 Å². The van der Waals surface area contributed by atoms with Gasteiger partial charge in [-0.05, 0) is 6.08 Å². The third-order valence-corrected chi connectivity index (χ3v) is 1.59. The molecule has 0 rings (SSSR count). The summed E-state index contributed by atoms with van der Waals surface area (Å²) < 4.78 is 0. The van der Waals surface area contributed by atoms with Crippen LogP contribution in [-0.4, -0.2) is 21.9 Å². The first-order chi connectivity index (χ1) is 4.66. The molecule has 0 unspecified atom stereocenters. The first-order valence-corrected chi connectivity index (χ1v) is 3.66. The molecular weight excluding hydrogens is 152 g/mol. The third-order valence-electron chi connectivity index (χ3n) is 0.727. The van der Waals surface area contributed by atoms with E-state index in [-0.39, 0.29) is 11.5 Å². The molecule has 0 aliphatic heterocycles. The molecule has 0 bridgehead atoms. The first kappa shape index (κ1) is 9.23. The number of aliphatic carboxylic acids is 1. The fourth-order valence-electron chi connectivity index (χ4n) is 0.298. The van der Waals surface area contributed by atoms with Gasteiger partial charge in [0.2, 0.25) is 5.12 Å². The second kappa shape index (κ2) is 5.05. The zero-order chi connectivity index (χ0) is 7.98. The zero-order valence-corrected chi connectivity index (χ0v) is 6.19. The summed E-state index contributed by atoms with van der Waals surface area (Å²) in [5.41, 5.74) is 0. The maximum absolute atomic E-state index is 10.4. The van der Waals surface area contributed by atoms with Crippen LogP contribution >= 0.6 is 11.8 Å². The Morgan fingerprint density at radius 2 is 2.20 bits per heavy atom. The number of rotatable bonds is 4. The van der Waals surface area contributed by atoms with Gasteiger partial charge in [-0.25, -0.2) is 0 Å². The summed E-state index contributed by atoms with van der Waals surface area (Å²) in [6.07, 6.45) is 1.19. The molecule has 0 saturated carbocycles. The van der Waals surface area contributed by atoms with Crippen LogP contribution in [0.3, 0.4) is 0 Å². The van der Waals surface area contributed by atoms with E-state index in [0.717, 1.165) is 11.8 Å². The molecule has 0 spiro atoms. The molecule has 0 atom stereocenters. The van der Waals surface area contributed by atoms with Crippen LogP contribution in [0.15, 0.2) is 12.7 Å². The Bertz CT molecular complexity index is 153. The lowest BCUT2D eigenvalue weighted by Gasteiger charge is -1.90. The summed E-state index contributed by atoms with van der Waals surface area (Å²) >= 11 is 0.967. The lowest BCUT2D eigenvalue weighted by atomic mass is 10.5. The highest BCUT2D eigenvalue weighted by molar-refractivity contribution is 8.14. The van der Waals surface area contributed by atoms with Crippen molar-refractivity contribution in [3.63, 3.8) is 0 Å². The van der Waals surface area contributed by atoms with Gasteiger partial charge in [0.15, 0.2) is 0 Å². The van der Waals surface area contributed by atoms with Crippen molar-refractivity contribution >= 4 is 22.8 Å². The second-order valence-corrected chi connectivity index (χ2v) is 2.61. The van der Waals surface area contributed by atoms with Crippen molar-refractivity contribution in [1.82, 2.24) is 0 Å². The third kappa shape index (κ3) is 5.37. The Hall–Kier alpha value is -0.770. The highest BCUT2D eigenvalue weighted by Crippen LogP contribution is 2.03. The quantitative estimate of drug-likeness (QED) is 0.621. The predicted octanol–water partition coefficient (Wildman–Crippen LogP) is 0.907. The average Bonchev–Trinajstić information content (AvgIpc) is 1.87. The fourth-order valence-corrected chi connectivity index (χ4v) is 0.894. The largest absolute Gasteiger partial charge is 0.481 e. The van der Waals surface area contributed by atoms with Crippen LogP contribution in [-0.2, 0) is 9.59 Å². The zero-order valence-electron chi connectivity index (χ0n) is 5.37. The van der Waals surface area contributed by atoms with E-state index >= 15 is 0 Å². The number of carbonyl (C=O) groups is 2. The summed E-state index contributed by atoms with van der Waals surface area (Å²) in [6, 6.07) is 0. The van der Waals surface area contributed by atoms with Gasteiger partial charge in [0.25, 0.3) is 0 Å². The molecule has 1 N–H and O–H groups in total. The van der Waals surface area contributed by atoms with Crippen molar-refractivity contribution < 1.29 is 14.7 Å². The van der Waals surface area contributed by atoms with Crippen molar-refractivity contribution in [2.45, 2.75) is 6.42 Å². The molecule has 0 aromatic heterocycles. The van der Waals surface area contributed by atoms with E-state index < -0.39 is 5.97 Å². The van der Waals surface area contributed by atoms with Crippen molar-refractivity contribution in [2.24, 2.45) is 0 Å². The molecule has 4 heteroatoms. The van der Waals surface area contributed by atoms with Gasteiger partial charge < -0.3 is 5.11 Å². The van der Waals surface area contributed by atoms with Gasteiger partial charge in [-0.3, -0.25) is 9.59 Å². The number of carbonyl (C=O) groups excluding carboxylic acids is 1. The van der Waals surface area contributed by atoms with Crippen LogP contribution in [0, 0.1) is 0 Å². The van der Waals surface area contributed by atoms with Crippen molar-refractivity contribution in [3.05, 3.63) is 12.7 Å². The molecule has 0 fully saturated rings. The summed E-state index contributed by atoms with van der Waals surface area (Å²) in [6.45, 7) is 3.24. The van der Waals surface area contributed by atoms with Crippen LogP contribution in [0.25, 0.3) is 0 Å². The normalized spacial score (nSPS) is 8.80. The Kier molecular flexibility index (Phi) is 4.66. The van der Waals surface area contributed by atoms with Crippen molar-refractivity contribution in [2.75, 3.05) is 5.75 Å². The van der Waals surface area contributed by atoms with Gasteiger partial charge in [0.05, 0.1) is 6.42 Å². The van der Waals surface area contributed by atoms with Gasteiger partial charge in [-0.1, -0.05) is 18.3 Å². The minimum atomic E-state index is -0.885. The average molecular weight is 160 g/mol. The predicted molar refractivity (Wildman–Crippen MR) is 39.9 cm³/mol. The molecule has 0 aliphatic carbocycles. The molecular formula is C6H8O3S.